The number of nitrogens with zero attached hydrogens (tertiary/aromatic N) is 1. The average molecular weight is 479 g/mol. The Hall–Kier alpha value is -2.24. The average Bonchev–Trinajstić information content (AvgIpc) is 2.77. The Morgan fingerprint density at radius 1 is 1.09 bits per heavy atom. The smallest absolute Gasteiger partial charge is 0.261 e. The number of unbranched alkanes of at least 4 members (excludes halogenated alkanes) is 1. The molecule has 174 valence electrons. The van der Waals surface area contributed by atoms with Gasteiger partial charge in [0.2, 0.25) is 5.91 Å². The molecule has 0 radical (unpaired) electrons. The number of halogens is 2. The normalized spacial score (nSPS) is 11.7. The van der Waals surface area contributed by atoms with Crippen LogP contribution in [0.3, 0.4) is 0 Å². The van der Waals surface area contributed by atoms with Crippen molar-refractivity contribution in [3.63, 3.8) is 0 Å². The third kappa shape index (κ3) is 7.14. The molecule has 0 aliphatic carbocycles. The van der Waals surface area contributed by atoms with E-state index in [9.17, 15) is 9.59 Å². The maximum Gasteiger partial charge on any atom is 0.261 e. The number of aryl methyl sites for hydroxylation is 2. The summed E-state index contributed by atoms with van der Waals surface area (Å²) in [6.45, 7) is 8.35. The summed E-state index contributed by atoms with van der Waals surface area (Å²) in [5, 5.41) is 4.18. The van der Waals surface area contributed by atoms with Crippen molar-refractivity contribution in [3.05, 3.63) is 63.1 Å². The summed E-state index contributed by atoms with van der Waals surface area (Å²) in [5.74, 6) is 0.114. The zero-order chi connectivity index (χ0) is 23.7. The van der Waals surface area contributed by atoms with Crippen LogP contribution < -0.4 is 10.1 Å². The van der Waals surface area contributed by atoms with Crippen LogP contribution in [0, 0.1) is 13.8 Å². The van der Waals surface area contributed by atoms with Crippen molar-refractivity contribution in [3.8, 4) is 5.75 Å². The van der Waals surface area contributed by atoms with Gasteiger partial charge in [0.25, 0.3) is 5.91 Å². The van der Waals surface area contributed by atoms with Gasteiger partial charge in [-0.15, -0.1) is 0 Å². The van der Waals surface area contributed by atoms with Gasteiger partial charge in [0.05, 0.1) is 0 Å². The summed E-state index contributed by atoms with van der Waals surface area (Å²) >= 11 is 12.6. The largest absolute Gasteiger partial charge is 0.484 e. The molecule has 0 spiro atoms. The molecule has 0 aliphatic heterocycles. The van der Waals surface area contributed by atoms with E-state index in [1.807, 2.05) is 39.0 Å². The van der Waals surface area contributed by atoms with Crippen LogP contribution in [0.1, 0.15) is 49.8 Å². The summed E-state index contributed by atoms with van der Waals surface area (Å²) in [5.41, 5.74) is 2.54. The Morgan fingerprint density at radius 2 is 1.75 bits per heavy atom. The molecule has 0 aliphatic rings. The van der Waals surface area contributed by atoms with Crippen molar-refractivity contribution in [2.24, 2.45) is 0 Å². The molecule has 1 N–H and O–H groups in total. The minimum absolute atomic E-state index is 0.167. The number of hydrogen-bond acceptors (Lipinski definition) is 3. The van der Waals surface area contributed by atoms with Crippen LogP contribution in [0.25, 0.3) is 0 Å². The number of carbonyl (C=O) groups excluding carboxylic acids is 2. The molecule has 1 atom stereocenters. The molecule has 2 amide bonds. The fraction of sp³-hybridized carbons (Fsp3) is 0.440. The molecule has 2 aromatic carbocycles. The first-order valence-corrected chi connectivity index (χ1v) is 11.7. The minimum atomic E-state index is -0.618. The molecule has 0 fully saturated rings. The Balaban J connectivity index is 2.22. The number of amides is 2. The molecule has 32 heavy (non-hydrogen) atoms. The van der Waals surface area contributed by atoms with E-state index >= 15 is 0 Å². The van der Waals surface area contributed by atoms with Gasteiger partial charge in [-0.3, -0.25) is 9.59 Å². The third-order valence-electron chi connectivity index (χ3n) is 5.29. The molecule has 0 bridgehead atoms. The zero-order valence-corrected chi connectivity index (χ0v) is 20.7. The lowest BCUT2D eigenvalue weighted by molar-refractivity contribution is -0.143. The van der Waals surface area contributed by atoms with Crippen LogP contribution in [-0.4, -0.2) is 35.9 Å². The van der Waals surface area contributed by atoms with Gasteiger partial charge in [0, 0.05) is 23.1 Å². The van der Waals surface area contributed by atoms with E-state index in [0.717, 1.165) is 29.5 Å². The number of rotatable bonds is 11. The summed E-state index contributed by atoms with van der Waals surface area (Å²) < 4.78 is 5.79. The van der Waals surface area contributed by atoms with E-state index in [1.165, 1.54) is 0 Å². The van der Waals surface area contributed by atoms with Gasteiger partial charge in [-0.2, -0.15) is 0 Å². The molecule has 0 saturated heterocycles. The minimum Gasteiger partial charge on any atom is -0.484 e. The second-order valence-corrected chi connectivity index (χ2v) is 8.63. The second-order valence-electron chi connectivity index (χ2n) is 7.84. The first-order chi connectivity index (χ1) is 15.3. The lowest BCUT2D eigenvalue weighted by Gasteiger charge is -2.31. The summed E-state index contributed by atoms with van der Waals surface area (Å²) in [6.07, 6.45) is 2.35. The first kappa shape index (κ1) is 26.0. The number of ether oxygens (including phenoxy) is 1. The molecule has 0 saturated carbocycles. The van der Waals surface area contributed by atoms with Gasteiger partial charge in [-0.25, -0.2) is 0 Å². The molecule has 0 aromatic heterocycles. The van der Waals surface area contributed by atoms with Crippen molar-refractivity contribution >= 4 is 35.0 Å². The van der Waals surface area contributed by atoms with E-state index in [2.05, 4.69) is 12.2 Å². The highest BCUT2D eigenvalue weighted by molar-refractivity contribution is 6.32. The lowest BCUT2D eigenvalue weighted by atomic mass is 10.1. The van der Waals surface area contributed by atoms with E-state index in [4.69, 9.17) is 27.9 Å². The molecule has 7 heteroatoms. The Kier molecular flexibility index (Phi) is 10.3. The first-order valence-electron chi connectivity index (χ1n) is 11.0. The van der Waals surface area contributed by atoms with Crippen LogP contribution in [0.2, 0.25) is 10.0 Å². The van der Waals surface area contributed by atoms with E-state index in [0.29, 0.717) is 28.8 Å². The fourth-order valence-corrected chi connectivity index (χ4v) is 3.76. The number of hydrogen-bond donors (Lipinski definition) is 1. The molecular formula is C25H32Cl2N2O3. The Labute approximate surface area is 201 Å². The molecule has 0 unspecified atom stereocenters. The van der Waals surface area contributed by atoms with E-state index in [1.54, 1.807) is 23.1 Å². The van der Waals surface area contributed by atoms with Crippen LogP contribution in [0.15, 0.2) is 36.4 Å². The Bertz CT molecular complexity index is 910. The van der Waals surface area contributed by atoms with Gasteiger partial charge in [-0.1, -0.05) is 61.7 Å². The standard InChI is InChI=1S/C25H32Cl2N2O3/c1-5-7-12-28-25(31)22(6-2)29(15-19-10-8-9-11-21(19)26)23(30)16-32-20-13-17(3)24(27)18(4)14-20/h8-11,13-14,22H,5-7,12,15-16H2,1-4H3,(H,28,31)/t22-/m1/s1. The Morgan fingerprint density at radius 3 is 2.34 bits per heavy atom. The van der Waals surface area contributed by atoms with Crippen LogP contribution in [-0.2, 0) is 16.1 Å². The van der Waals surface area contributed by atoms with Crippen LogP contribution >= 0.6 is 23.2 Å². The highest BCUT2D eigenvalue weighted by Gasteiger charge is 2.29. The summed E-state index contributed by atoms with van der Waals surface area (Å²) in [6, 6.07) is 10.3. The summed E-state index contributed by atoms with van der Waals surface area (Å²) in [4.78, 5) is 27.7. The highest BCUT2D eigenvalue weighted by atomic mass is 35.5. The SMILES string of the molecule is CCCCNC(=O)[C@@H](CC)N(Cc1ccccc1Cl)C(=O)COc1cc(C)c(Cl)c(C)c1. The molecule has 2 rings (SSSR count). The zero-order valence-electron chi connectivity index (χ0n) is 19.2. The van der Waals surface area contributed by atoms with Crippen LogP contribution in [0.5, 0.6) is 5.75 Å². The number of benzene rings is 2. The monoisotopic (exact) mass is 478 g/mol. The van der Waals surface area contributed by atoms with Crippen molar-refractivity contribution in [2.75, 3.05) is 13.2 Å². The third-order valence-corrected chi connectivity index (χ3v) is 6.25. The van der Waals surface area contributed by atoms with Gasteiger partial charge in [0.15, 0.2) is 6.61 Å². The number of nitrogens with one attached hydrogen (secondary N) is 1. The molecule has 5 nitrogen and oxygen atoms in total. The van der Waals surface area contributed by atoms with E-state index < -0.39 is 6.04 Å². The van der Waals surface area contributed by atoms with Crippen molar-refractivity contribution < 1.29 is 14.3 Å². The number of carbonyl (C=O) groups is 2. The quantitative estimate of drug-likeness (QED) is 0.420. The highest BCUT2D eigenvalue weighted by Crippen LogP contribution is 2.26. The molecule has 0 heterocycles. The van der Waals surface area contributed by atoms with Crippen LogP contribution in [0.4, 0.5) is 0 Å². The maximum atomic E-state index is 13.3. The predicted octanol–water partition coefficient (Wildman–Crippen LogP) is 5.71. The lowest BCUT2D eigenvalue weighted by Crippen LogP contribution is -2.50. The van der Waals surface area contributed by atoms with Gasteiger partial charge < -0.3 is 15.0 Å². The maximum absolute atomic E-state index is 13.3. The van der Waals surface area contributed by atoms with Crippen molar-refractivity contribution in [1.82, 2.24) is 10.2 Å². The second kappa shape index (κ2) is 12.7. The van der Waals surface area contributed by atoms with Gasteiger partial charge >= 0.3 is 0 Å². The molecule has 2 aromatic rings. The predicted molar refractivity (Wildman–Crippen MR) is 130 cm³/mol. The molecular weight excluding hydrogens is 447 g/mol. The van der Waals surface area contributed by atoms with Gasteiger partial charge in [-0.05, 0) is 61.6 Å². The topological polar surface area (TPSA) is 58.6 Å². The summed E-state index contributed by atoms with van der Waals surface area (Å²) in [7, 11) is 0. The fourth-order valence-electron chi connectivity index (χ4n) is 3.45. The van der Waals surface area contributed by atoms with Gasteiger partial charge in [0.1, 0.15) is 11.8 Å². The van der Waals surface area contributed by atoms with Crippen molar-refractivity contribution in [2.45, 2.75) is 59.5 Å². The van der Waals surface area contributed by atoms with E-state index in [-0.39, 0.29) is 25.0 Å². The van der Waals surface area contributed by atoms with Crippen molar-refractivity contribution in [1.29, 1.82) is 0 Å².